The normalized spacial score (nSPS) is 13.4. The maximum absolute atomic E-state index is 13.7. The van der Waals surface area contributed by atoms with E-state index >= 15 is 0 Å². The molecule has 1 atom stereocenters. The second kappa shape index (κ2) is 7.68. The third-order valence-corrected chi connectivity index (χ3v) is 4.38. The van der Waals surface area contributed by atoms with Gasteiger partial charge in [0.25, 0.3) is 0 Å². The monoisotopic (exact) mass is 304 g/mol. The molecule has 0 aliphatic carbocycles. The summed E-state index contributed by atoms with van der Waals surface area (Å²) in [5.74, 6) is -0.753. The van der Waals surface area contributed by atoms with Crippen LogP contribution in [0.25, 0.3) is 0 Å². The number of halogens is 1. The number of ether oxygens (including phenoxy) is 1. The number of benzene rings is 1. The number of rotatable bonds is 8. The summed E-state index contributed by atoms with van der Waals surface area (Å²) < 4.78 is 45.4. The summed E-state index contributed by atoms with van der Waals surface area (Å²) >= 11 is 0. The largest absolute Gasteiger partial charge is 0.385 e. The van der Waals surface area contributed by atoms with Crippen molar-refractivity contribution in [1.82, 2.24) is 10.0 Å². The molecule has 0 aliphatic heterocycles. The van der Waals surface area contributed by atoms with Gasteiger partial charge in [-0.15, -0.1) is 0 Å². The number of hydrogen-bond donors (Lipinski definition) is 2. The fraction of sp³-hybridized carbons (Fsp3) is 0.538. The van der Waals surface area contributed by atoms with E-state index in [0.717, 1.165) is 0 Å². The van der Waals surface area contributed by atoms with Crippen LogP contribution in [0.3, 0.4) is 0 Å². The standard InChI is InChI=1S/C13H21FN2O3S/c1-10(6-7-19-3)16-20(17,18)13-8-11(9-15-2)4-5-12(13)14/h4-5,8,10,15-16H,6-7,9H2,1-3H3. The highest BCUT2D eigenvalue weighted by molar-refractivity contribution is 7.89. The van der Waals surface area contributed by atoms with Crippen molar-refractivity contribution in [2.45, 2.75) is 30.8 Å². The molecule has 1 aromatic carbocycles. The molecule has 0 spiro atoms. The van der Waals surface area contributed by atoms with Crippen LogP contribution in [0.5, 0.6) is 0 Å². The lowest BCUT2D eigenvalue weighted by molar-refractivity contribution is 0.188. The van der Waals surface area contributed by atoms with Gasteiger partial charge in [0.2, 0.25) is 10.0 Å². The number of sulfonamides is 1. The molecule has 0 bridgehead atoms. The average molecular weight is 304 g/mol. The Morgan fingerprint density at radius 1 is 1.40 bits per heavy atom. The van der Waals surface area contributed by atoms with Crippen molar-refractivity contribution in [3.05, 3.63) is 29.6 Å². The van der Waals surface area contributed by atoms with Crippen molar-refractivity contribution < 1.29 is 17.5 Å². The van der Waals surface area contributed by atoms with E-state index in [2.05, 4.69) is 10.0 Å². The molecule has 5 nitrogen and oxygen atoms in total. The van der Waals surface area contributed by atoms with Crippen molar-refractivity contribution in [2.24, 2.45) is 0 Å². The van der Waals surface area contributed by atoms with Gasteiger partial charge in [0.1, 0.15) is 10.7 Å². The maximum Gasteiger partial charge on any atom is 0.243 e. The van der Waals surface area contributed by atoms with Gasteiger partial charge in [-0.1, -0.05) is 6.07 Å². The number of hydrogen-bond acceptors (Lipinski definition) is 4. The summed E-state index contributed by atoms with van der Waals surface area (Å²) in [5.41, 5.74) is 0.707. The zero-order chi connectivity index (χ0) is 15.2. The predicted octanol–water partition coefficient (Wildman–Crippen LogP) is 1.25. The Morgan fingerprint density at radius 2 is 2.10 bits per heavy atom. The molecule has 0 fully saturated rings. The van der Waals surface area contributed by atoms with Gasteiger partial charge in [-0.3, -0.25) is 0 Å². The first-order valence-electron chi connectivity index (χ1n) is 6.35. The van der Waals surface area contributed by atoms with Gasteiger partial charge < -0.3 is 10.1 Å². The molecule has 0 aliphatic rings. The maximum atomic E-state index is 13.7. The molecule has 0 saturated carbocycles. The predicted molar refractivity (Wildman–Crippen MR) is 75.4 cm³/mol. The molecule has 0 radical (unpaired) electrons. The van der Waals surface area contributed by atoms with E-state index < -0.39 is 15.8 Å². The molecule has 20 heavy (non-hydrogen) atoms. The van der Waals surface area contributed by atoms with E-state index in [4.69, 9.17) is 4.74 Å². The summed E-state index contributed by atoms with van der Waals surface area (Å²) in [6.45, 7) is 2.62. The van der Waals surface area contributed by atoms with Gasteiger partial charge in [0.15, 0.2) is 0 Å². The van der Waals surface area contributed by atoms with Crippen molar-refractivity contribution in [3.8, 4) is 0 Å². The lowest BCUT2D eigenvalue weighted by atomic mass is 10.2. The molecule has 0 heterocycles. The smallest absolute Gasteiger partial charge is 0.243 e. The summed E-state index contributed by atoms with van der Waals surface area (Å²) in [7, 11) is -0.587. The summed E-state index contributed by atoms with van der Waals surface area (Å²) in [6, 6.07) is 3.74. The van der Waals surface area contributed by atoms with Crippen molar-refractivity contribution in [1.29, 1.82) is 0 Å². The minimum atomic E-state index is -3.87. The topological polar surface area (TPSA) is 67.4 Å². The highest BCUT2D eigenvalue weighted by Crippen LogP contribution is 2.17. The Balaban J connectivity index is 2.93. The van der Waals surface area contributed by atoms with E-state index in [0.29, 0.717) is 25.1 Å². The van der Waals surface area contributed by atoms with Gasteiger partial charge >= 0.3 is 0 Å². The molecule has 0 aromatic heterocycles. The minimum Gasteiger partial charge on any atom is -0.385 e. The first-order chi connectivity index (χ1) is 9.40. The van der Waals surface area contributed by atoms with E-state index in [-0.39, 0.29) is 10.9 Å². The van der Waals surface area contributed by atoms with Crippen LogP contribution in [0, 0.1) is 5.82 Å². The molecule has 1 rings (SSSR count). The molecule has 1 aromatic rings. The molecule has 0 amide bonds. The van der Waals surface area contributed by atoms with Crippen LogP contribution in [0.2, 0.25) is 0 Å². The molecule has 2 N–H and O–H groups in total. The molecule has 1 unspecified atom stereocenters. The van der Waals surface area contributed by atoms with Crippen molar-refractivity contribution in [2.75, 3.05) is 20.8 Å². The first-order valence-corrected chi connectivity index (χ1v) is 7.83. The third-order valence-electron chi connectivity index (χ3n) is 2.78. The van der Waals surface area contributed by atoms with E-state index in [1.165, 1.54) is 12.1 Å². The first kappa shape index (κ1) is 17.0. The zero-order valence-corrected chi connectivity index (χ0v) is 12.8. The van der Waals surface area contributed by atoms with Crippen molar-refractivity contribution in [3.63, 3.8) is 0 Å². The fourth-order valence-corrected chi connectivity index (χ4v) is 3.16. The van der Waals surface area contributed by atoms with Crippen LogP contribution in [-0.2, 0) is 21.3 Å². The van der Waals surface area contributed by atoms with Gasteiger partial charge in [0, 0.05) is 26.3 Å². The molecular weight excluding hydrogens is 283 g/mol. The van der Waals surface area contributed by atoms with Crippen LogP contribution in [0.15, 0.2) is 23.1 Å². The number of nitrogens with one attached hydrogen (secondary N) is 2. The highest BCUT2D eigenvalue weighted by Gasteiger charge is 2.21. The minimum absolute atomic E-state index is 0.325. The van der Waals surface area contributed by atoms with Gasteiger partial charge in [0.05, 0.1) is 0 Å². The van der Waals surface area contributed by atoms with Gasteiger partial charge in [-0.2, -0.15) is 0 Å². The molecule has 7 heteroatoms. The van der Waals surface area contributed by atoms with Crippen LogP contribution in [-0.4, -0.2) is 35.2 Å². The lowest BCUT2D eigenvalue weighted by Gasteiger charge is -2.15. The van der Waals surface area contributed by atoms with Crippen LogP contribution in [0.1, 0.15) is 18.9 Å². The fourth-order valence-electron chi connectivity index (χ4n) is 1.75. The molecule has 0 saturated heterocycles. The van der Waals surface area contributed by atoms with Gasteiger partial charge in [-0.05, 0) is 38.1 Å². The molecular formula is C13H21FN2O3S. The second-order valence-electron chi connectivity index (χ2n) is 4.60. The quantitative estimate of drug-likeness (QED) is 0.758. The highest BCUT2D eigenvalue weighted by atomic mass is 32.2. The average Bonchev–Trinajstić information content (AvgIpc) is 2.38. The van der Waals surface area contributed by atoms with Crippen molar-refractivity contribution >= 4 is 10.0 Å². The lowest BCUT2D eigenvalue weighted by Crippen LogP contribution is -2.34. The Hall–Kier alpha value is -1.02. The van der Waals surface area contributed by atoms with Crippen LogP contribution < -0.4 is 10.0 Å². The zero-order valence-electron chi connectivity index (χ0n) is 11.9. The Morgan fingerprint density at radius 3 is 2.70 bits per heavy atom. The van der Waals surface area contributed by atoms with E-state index in [1.807, 2.05) is 0 Å². The Labute approximate surface area is 119 Å². The summed E-state index contributed by atoms with van der Waals surface area (Å²) in [5, 5.41) is 2.90. The van der Waals surface area contributed by atoms with Crippen LogP contribution >= 0.6 is 0 Å². The third kappa shape index (κ3) is 4.82. The molecule has 114 valence electrons. The van der Waals surface area contributed by atoms with E-state index in [1.54, 1.807) is 27.1 Å². The SMILES string of the molecule is CNCc1ccc(F)c(S(=O)(=O)NC(C)CCOC)c1. The second-order valence-corrected chi connectivity index (χ2v) is 6.28. The van der Waals surface area contributed by atoms with E-state index in [9.17, 15) is 12.8 Å². The van der Waals surface area contributed by atoms with Gasteiger partial charge in [-0.25, -0.2) is 17.5 Å². The Bertz CT molecular complexity index is 534. The Kier molecular flexibility index (Phi) is 6.54. The summed E-state index contributed by atoms with van der Waals surface area (Å²) in [6.07, 6.45) is 0.521. The summed E-state index contributed by atoms with van der Waals surface area (Å²) in [4.78, 5) is -0.325. The number of methoxy groups -OCH3 is 1. The van der Waals surface area contributed by atoms with Crippen LogP contribution in [0.4, 0.5) is 4.39 Å².